The first-order chi connectivity index (χ1) is 8.91. The van der Waals surface area contributed by atoms with Gasteiger partial charge in [0.15, 0.2) is 0 Å². The number of piperidine rings is 1. The van der Waals surface area contributed by atoms with E-state index in [2.05, 4.69) is 12.2 Å². The van der Waals surface area contributed by atoms with Crippen molar-refractivity contribution in [3.8, 4) is 0 Å². The summed E-state index contributed by atoms with van der Waals surface area (Å²) < 4.78 is 0. The SMILES string of the molecule is CSCC(C)CNC(=O)N1CCCCC1(C)C(=O)O. The lowest BCUT2D eigenvalue weighted by Crippen LogP contribution is -2.60. The van der Waals surface area contributed by atoms with Gasteiger partial charge < -0.3 is 15.3 Å². The van der Waals surface area contributed by atoms with E-state index < -0.39 is 11.5 Å². The fraction of sp³-hybridized carbons (Fsp3) is 0.846. The van der Waals surface area contributed by atoms with Gasteiger partial charge in [0.2, 0.25) is 0 Å². The lowest BCUT2D eigenvalue weighted by Gasteiger charge is -2.41. The molecule has 0 aromatic heterocycles. The lowest BCUT2D eigenvalue weighted by molar-refractivity contribution is -0.150. The van der Waals surface area contributed by atoms with Gasteiger partial charge in [-0.15, -0.1) is 0 Å². The zero-order valence-corrected chi connectivity index (χ0v) is 12.8. The van der Waals surface area contributed by atoms with Gasteiger partial charge >= 0.3 is 12.0 Å². The summed E-state index contributed by atoms with van der Waals surface area (Å²) in [6.07, 6.45) is 4.28. The van der Waals surface area contributed by atoms with Gasteiger partial charge in [0.05, 0.1) is 0 Å². The van der Waals surface area contributed by atoms with Crippen LogP contribution >= 0.6 is 11.8 Å². The number of rotatable bonds is 5. The second kappa shape index (κ2) is 7.03. The van der Waals surface area contributed by atoms with Crippen molar-refractivity contribution in [3.05, 3.63) is 0 Å². The van der Waals surface area contributed by atoms with E-state index in [4.69, 9.17) is 0 Å². The Kier molecular flexibility index (Phi) is 5.97. The number of carboxylic acids is 1. The van der Waals surface area contributed by atoms with Crippen LogP contribution in [0.1, 0.15) is 33.1 Å². The lowest BCUT2D eigenvalue weighted by atomic mass is 9.89. The molecule has 19 heavy (non-hydrogen) atoms. The summed E-state index contributed by atoms with van der Waals surface area (Å²) in [7, 11) is 0. The monoisotopic (exact) mass is 288 g/mol. The minimum Gasteiger partial charge on any atom is -0.480 e. The number of amides is 2. The molecule has 0 aromatic rings. The second-order valence-corrected chi connectivity index (χ2v) is 6.35. The summed E-state index contributed by atoms with van der Waals surface area (Å²) >= 11 is 1.74. The van der Waals surface area contributed by atoms with Crippen molar-refractivity contribution in [2.24, 2.45) is 5.92 Å². The molecule has 2 unspecified atom stereocenters. The zero-order valence-electron chi connectivity index (χ0n) is 11.9. The van der Waals surface area contributed by atoms with E-state index in [0.29, 0.717) is 25.4 Å². The maximum absolute atomic E-state index is 12.2. The molecule has 1 aliphatic rings. The molecular formula is C13H24N2O3S. The van der Waals surface area contributed by atoms with Gasteiger partial charge in [0.1, 0.15) is 5.54 Å². The summed E-state index contributed by atoms with van der Waals surface area (Å²) in [5.41, 5.74) is -1.06. The molecule has 0 saturated carbocycles. The number of hydrogen-bond acceptors (Lipinski definition) is 3. The highest BCUT2D eigenvalue weighted by Crippen LogP contribution is 2.28. The molecule has 6 heteroatoms. The predicted octanol–water partition coefficient (Wildman–Crippen LogP) is 2.02. The standard InChI is InChI=1S/C13H24N2O3S/c1-10(9-19-3)8-14-12(18)15-7-5-4-6-13(15,2)11(16)17/h10H,4-9H2,1-3H3,(H,14,18)(H,16,17). The van der Waals surface area contributed by atoms with Crippen LogP contribution < -0.4 is 5.32 Å². The van der Waals surface area contributed by atoms with Crippen LogP contribution in [0.15, 0.2) is 0 Å². The van der Waals surface area contributed by atoms with Crippen molar-refractivity contribution in [3.63, 3.8) is 0 Å². The highest BCUT2D eigenvalue weighted by molar-refractivity contribution is 7.98. The third-order valence-electron chi connectivity index (χ3n) is 3.65. The van der Waals surface area contributed by atoms with Gasteiger partial charge in [0.25, 0.3) is 0 Å². The van der Waals surface area contributed by atoms with Crippen molar-refractivity contribution in [2.45, 2.75) is 38.6 Å². The average Bonchev–Trinajstić information content (AvgIpc) is 2.36. The van der Waals surface area contributed by atoms with Crippen molar-refractivity contribution in [2.75, 3.05) is 25.1 Å². The molecule has 5 nitrogen and oxygen atoms in total. The number of hydrogen-bond donors (Lipinski definition) is 2. The van der Waals surface area contributed by atoms with Gasteiger partial charge in [0, 0.05) is 13.1 Å². The van der Waals surface area contributed by atoms with Gasteiger partial charge in [-0.05, 0) is 44.1 Å². The number of carbonyl (C=O) groups is 2. The molecule has 0 spiro atoms. The summed E-state index contributed by atoms with van der Waals surface area (Å²) in [4.78, 5) is 25.1. The molecule has 0 aromatic carbocycles. The Hall–Kier alpha value is -0.910. The maximum Gasteiger partial charge on any atom is 0.329 e. The smallest absolute Gasteiger partial charge is 0.329 e. The fourth-order valence-corrected chi connectivity index (χ4v) is 3.06. The summed E-state index contributed by atoms with van der Waals surface area (Å²) in [5.74, 6) is 0.454. The van der Waals surface area contributed by atoms with E-state index in [9.17, 15) is 14.7 Å². The van der Waals surface area contributed by atoms with E-state index in [1.165, 1.54) is 4.90 Å². The average molecular weight is 288 g/mol. The Morgan fingerprint density at radius 3 is 2.74 bits per heavy atom. The molecular weight excluding hydrogens is 264 g/mol. The van der Waals surface area contributed by atoms with Gasteiger partial charge in [-0.25, -0.2) is 9.59 Å². The Bertz CT molecular complexity index is 338. The molecule has 110 valence electrons. The first kappa shape index (κ1) is 16.1. The van der Waals surface area contributed by atoms with Crippen LogP contribution in [0.2, 0.25) is 0 Å². The molecule has 1 fully saturated rings. The number of carboxylic acid groups (broad SMARTS) is 1. The summed E-state index contributed by atoms with van der Waals surface area (Å²) in [6.45, 7) is 4.82. The summed E-state index contributed by atoms with van der Waals surface area (Å²) in [5, 5.41) is 12.2. The molecule has 1 rings (SSSR count). The highest BCUT2D eigenvalue weighted by atomic mass is 32.2. The molecule has 2 N–H and O–H groups in total. The number of nitrogens with one attached hydrogen (secondary N) is 1. The Morgan fingerprint density at radius 2 is 2.16 bits per heavy atom. The van der Waals surface area contributed by atoms with Crippen LogP contribution in [0.5, 0.6) is 0 Å². The molecule has 0 radical (unpaired) electrons. The van der Waals surface area contributed by atoms with Crippen LogP contribution in [0, 0.1) is 5.92 Å². The molecule has 0 aliphatic carbocycles. The van der Waals surface area contributed by atoms with Crippen molar-refractivity contribution < 1.29 is 14.7 Å². The first-order valence-corrected chi connectivity index (χ1v) is 8.09. The van der Waals surface area contributed by atoms with Crippen molar-refractivity contribution >= 4 is 23.8 Å². The quantitative estimate of drug-likeness (QED) is 0.812. The molecule has 1 heterocycles. The maximum atomic E-state index is 12.2. The minimum atomic E-state index is -1.06. The number of nitrogens with zero attached hydrogens (tertiary/aromatic N) is 1. The number of likely N-dealkylation sites (tertiary alicyclic amines) is 1. The van der Waals surface area contributed by atoms with E-state index in [1.54, 1.807) is 18.7 Å². The number of aliphatic carboxylic acids is 1. The van der Waals surface area contributed by atoms with Crippen LogP contribution in [0.25, 0.3) is 0 Å². The minimum absolute atomic E-state index is 0.252. The topological polar surface area (TPSA) is 69.6 Å². The van der Waals surface area contributed by atoms with Crippen molar-refractivity contribution in [1.29, 1.82) is 0 Å². The molecule has 1 aliphatic heterocycles. The summed E-state index contributed by atoms with van der Waals surface area (Å²) in [6, 6.07) is -0.252. The second-order valence-electron chi connectivity index (χ2n) is 5.43. The van der Waals surface area contributed by atoms with Gasteiger partial charge in [-0.1, -0.05) is 6.92 Å². The van der Waals surface area contributed by atoms with Crippen molar-refractivity contribution in [1.82, 2.24) is 10.2 Å². The predicted molar refractivity (Wildman–Crippen MR) is 77.5 cm³/mol. The molecule has 1 saturated heterocycles. The molecule has 2 atom stereocenters. The molecule has 0 bridgehead atoms. The Labute approximate surface area is 119 Å². The largest absolute Gasteiger partial charge is 0.480 e. The van der Waals surface area contributed by atoms with Crippen LogP contribution in [-0.2, 0) is 4.79 Å². The number of carbonyl (C=O) groups excluding carboxylic acids is 1. The highest BCUT2D eigenvalue weighted by Gasteiger charge is 2.43. The fourth-order valence-electron chi connectivity index (χ4n) is 2.37. The van der Waals surface area contributed by atoms with Crippen LogP contribution in [0.4, 0.5) is 4.79 Å². The number of urea groups is 1. The molecule has 2 amide bonds. The van der Waals surface area contributed by atoms with E-state index >= 15 is 0 Å². The van der Waals surface area contributed by atoms with E-state index in [0.717, 1.165) is 18.6 Å². The van der Waals surface area contributed by atoms with E-state index in [-0.39, 0.29) is 6.03 Å². The zero-order chi connectivity index (χ0) is 14.5. The Morgan fingerprint density at radius 1 is 1.47 bits per heavy atom. The van der Waals surface area contributed by atoms with E-state index in [1.807, 2.05) is 6.26 Å². The third-order valence-corrected chi connectivity index (χ3v) is 4.55. The van der Waals surface area contributed by atoms with Crippen LogP contribution in [0.3, 0.4) is 0 Å². The number of thioether (sulfide) groups is 1. The van der Waals surface area contributed by atoms with Gasteiger partial charge in [-0.3, -0.25) is 0 Å². The van der Waals surface area contributed by atoms with Gasteiger partial charge in [-0.2, -0.15) is 11.8 Å². The normalized spacial score (nSPS) is 24.9. The third kappa shape index (κ3) is 4.03. The Balaban J connectivity index is 2.60. The first-order valence-electron chi connectivity index (χ1n) is 6.69. The van der Waals surface area contributed by atoms with Crippen LogP contribution in [-0.4, -0.2) is 52.6 Å².